The zero-order valence-corrected chi connectivity index (χ0v) is 23.5. The minimum absolute atomic E-state index is 0.0677. The number of nitro benzene ring substituents is 1. The van der Waals surface area contributed by atoms with Gasteiger partial charge in [0.1, 0.15) is 5.65 Å². The topological polar surface area (TPSA) is 101 Å². The number of halogens is 1. The molecule has 0 amide bonds. The van der Waals surface area contributed by atoms with Crippen LogP contribution >= 0.6 is 11.6 Å². The molecule has 1 aliphatic heterocycles. The zero-order chi connectivity index (χ0) is 28.6. The summed E-state index contributed by atoms with van der Waals surface area (Å²) in [6, 6.07) is 26.9. The van der Waals surface area contributed by atoms with Gasteiger partial charge >= 0.3 is 0 Å². The summed E-state index contributed by atoms with van der Waals surface area (Å²) < 4.78 is 30.0. The van der Waals surface area contributed by atoms with Crippen molar-refractivity contribution in [1.29, 1.82) is 0 Å². The van der Waals surface area contributed by atoms with Gasteiger partial charge in [0.25, 0.3) is 5.69 Å². The summed E-state index contributed by atoms with van der Waals surface area (Å²) in [5, 5.41) is 11.8. The molecule has 1 saturated heterocycles. The molecule has 0 bridgehead atoms. The Morgan fingerprint density at radius 2 is 1.56 bits per heavy atom. The number of pyridine rings is 1. The first kappa shape index (κ1) is 27.1. The molecule has 208 valence electrons. The highest BCUT2D eigenvalue weighted by molar-refractivity contribution is 7.89. The van der Waals surface area contributed by atoms with E-state index in [2.05, 4.69) is 15.5 Å². The molecule has 0 radical (unpaired) electrons. The van der Waals surface area contributed by atoms with Crippen molar-refractivity contribution in [1.82, 2.24) is 18.6 Å². The standard InChI is InChI=1S/C30H26ClN5O4S/c31-25-9-4-8-23(18-25)24-12-13-29-32-30(22-6-2-1-3-7-22)28(35(29)20-24)21-33-14-16-34(17-15-33)41(39,40)27-11-5-10-26(19-27)36(37)38/h1-13,18-20H,14-17,21H2. The molecule has 0 spiro atoms. The van der Waals surface area contributed by atoms with Crippen molar-refractivity contribution in [2.24, 2.45) is 0 Å². The van der Waals surface area contributed by atoms with E-state index in [9.17, 15) is 18.5 Å². The molecule has 5 aromatic rings. The second-order valence-electron chi connectivity index (χ2n) is 9.86. The lowest BCUT2D eigenvalue weighted by Gasteiger charge is -2.34. The van der Waals surface area contributed by atoms with E-state index < -0.39 is 14.9 Å². The largest absolute Gasteiger partial charge is 0.301 e. The molecule has 0 unspecified atom stereocenters. The maximum absolute atomic E-state index is 13.3. The highest BCUT2D eigenvalue weighted by Gasteiger charge is 2.30. The van der Waals surface area contributed by atoms with E-state index in [1.807, 2.05) is 66.7 Å². The number of hydrogen-bond acceptors (Lipinski definition) is 6. The van der Waals surface area contributed by atoms with Gasteiger partial charge in [0.15, 0.2) is 0 Å². The number of imidazole rings is 1. The van der Waals surface area contributed by atoms with Gasteiger partial charge in [-0.15, -0.1) is 0 Å². The third-order valence-corrected chi connectivity index (χ3v) is 9.42. The van der Waals surface area contributed by atoms with Gasteiger partial charge in [-0.05, 0) is 41.5 Å². The molecule has 6 rings (SSSR count). The van der Waals surface area contributed by atoms with Crippen molar-refractivity contribution in [3.63, 3.8) is 0 Å². The average Bonchev–Trinajstić information content (AvgIpc) is 3.35. The monoisotopic (exact) mass is 587 g/mol. The van der Waals surface area contributed by atoms with Crippen LogP contribution in [0.25, 0.3) is 28.0 Å². The Bertz CT molecular complexity index is 1850. The molecule has 1 aliphatic rings. The smallest absolute Gasteiger partial charge is 0.270 e. The highest BCUT2D eigenvalue weighted by Crippen LogP contribution is 2.30. The van der Waals surface area contributed by atoms with Crippen molar-refractivity contribution >= 4 is 33.0 Å². The molecule has 0 atom stereocenters. The molecule has 9 nitrogen and oxygen atoms in total. The predicted octanol–water partition coefficient (Wildman–Crippen LogP) is 5.74. The third-order valence-electron chi connectivity index (χ3n) is 7.29. The van der Waals surface area contributed by atoms with Crippen molar-refractivity contribution in [3.05, 3.63) is 118 Å². The van der Waals surface area contributed by atoms with Crippen LogP contribution in [0.5, 0.6) is 0 Å². The Hall–Kier alpha value is -4.09. The number of piperazine rings is 1. The van der Waals surface area contributed by atoms with E-state index in [1.54, 1.807) is 0 Å². The normalized spacial score (nSPS) is 14.9. The number of aromatic nitrogens is 2. The average molecular weight is 588 g/mol. The maximum Gasteiger partial charge on any atom is 0.270 e. The Labute approximate surface area is 242 Å². The number of hydrogen-bond donors (Lipinski definition) is 0. The van der Waals surface area contributed by atoms with Crippen molar-refractivity contribution in [2.45, 2.75) is 11.4 Å². The number of non-ortho nitro benzene ring substituents is 1. The number of nitro groups is 1. The quantitative estimate of drug-likeness (QED) is 0.178. The highest BCUT2D eigenvalue weighted by atomic mass is 35.5. The molecular weight excluding hydrogens is 562 g/mol. The summed E-state index contributed by atoms with van der Waals surface area (Å²) in [5.74, 6) is 0. The molecule has 3 heterocycles. The Morgan fingerprint density at radius 3 is 2.29 bits per heavy atom. The van der Waals surface area contributed by atoms with Gasteiger partial charge in [0, 0.05) is 61.6 Å². The second-order valence-corrected chi connectivity index (χ2v) is 12.2. The van der Waals surface area contributed by atoms with Crippen LogP contribution in [0.3, 0.4) is 0 Å². The first-order valence-electron chi connectivity index (χ1n) is 13.1. The minimum atomic E-state index is -3.86. The number of sulfonamides is 1. The van der Waals surface area contributed by atoms with Crippen LogP contribution in [0.15, 0.2) is 102 Å². The predicted molar refractivity (Wildman–Crippen MR) is 158 cm³/mol. The van der Waals surface area contributed by atoms with E-state index in [0.29, 0.717) is 24.7 Å². The minimum Gasteiger partial charge on any atom is -0.301 e. The van der Waals surface area contributed by atoms with E-state index in [1.165, 1.54) is 22.5 Å². The van der Waals surface area contributed by atoms with Crippen molar-refractivity contribution in [2.75, 3.05) is 26.2 Å². The fraction of sp³-hybridized carbons (Fsp3) is 0.167. The number of nitrogens with zero attached hydrogens (tertiary/aromatic N) is 5. The third kappa shape index (κ3) is 5.47. The molecule has 0 aliphatic carbocycles. The number of rotatable bonds is 7. The van der Waals surface area contributed by atoms with Gasteiger partial charge in [-0.25, -0.2) is 13.4 Å². The van der Waals surface area contributed by atoms with Gasteiger partial charge in [0.05, 0.1) is 21.2 Å². The van der Waals surface area contributed by atoms with Crippen LogP contribution in [0.1, 0.15) is 5.69 Å². The van der Waals surface area contributed by atoms with Gasteiger partial charge in [0.2, 0.25) is 10.0 Å². The molecule has 2 aromatic heterocycles. The first-order chi connectivity index (χ1) is 19.8. The second kappa shape index (κ2) is 11.1. The van der Waals surface area contributed by atoms with Crippen molar-refractivity contribution in [3.8, 4) is 22.4 Å². The Balaban J connectivity index is 1.29. The SMILES string of the molecule is O=[N+]([O-])c1cccc(S(=O)(=O)N2CCN(Cc3c(-c4ccccc4)nc4ccc(-c5cccc(Cl)c5)cn34)CC2)c1. The molecular formula is C30H26ClN5O4S. The van der Waals surface area contributed by atoms with Crippen LogP contribution < -0.4 is 0 Å². The molecule has 0 N–H and O–H groups in total. The number of fused-ring (bicyclic) bond motifs is 1. The zero-order valence-electron chi connectivity index (χ0n) is 21.9. The van der Waals surface area contributed by atoms with Crippen molar-refractivity contribution < 1.29 is 13.3 Å². The van der Waals surface area contributed by atoms with E-state index >= 15 is 0 Å². The molecule has 41 heavy (non-hydrogen) atoms. The summed E-state index contributed by atoms with van der Waals surface area (Å²) in [5.41, 5.74) is 5.46. The van der Waals surface area contributed by atoms with Gasteiger partial charge < -0.3 is 4.40 Å². The molecule has 11 heteroatoms. The maximum atomic E-state index is 13.3. The Morgan fingerprint density at radius 1 is 0.829 bits per heavy atom. The lowest BCUT2D eigenvalue weighted by atomic mass is 10.1. The van der Waals surface area contributed by atoms with Crippen LogP contribution in [0.4, 0.5) is 5.69 Å². The van der Waals surface area contributed by atoms with Crippen LogP contribution in [0, 0.1) is 10.1 Å². The van der Waals surface area contributed by atoms with Crippen LogP contribution in [-0.4, -0.2) is 58.1 Å². The van der Waals surface area contributed by atoms with Crippen LogP contribution in [-0.2, 0) is 16.6 Å². The van der Waals surface area contributed by atoms with Gasteiger partial charge in [-0.1, -0.05) is 60.1 Å². The summed E-state index contributed by atoms with van der Waals surface area (Å²) >= 11 is 6.26. The summed E-state index contributed by atoms with van der Waals surface area (Å²) in [4.78, 5) is 17.7. The van der Waals surface area contributed by atoms with E-state index in [0.717, 1.165) is 39.8 Å². The summed E-state index contributed by atoms with van der Waals surface area (Å²) in [6.07, 6.45) is 2.07. The fourth-order valence-corrected chi connectivity index (χ4v) is 6.81. The van der Waals surface area contributed by atoms with Gasteiger partial charge in [-0.3, -0.25) is 15.0 Å². The van der Waals surface area contributed by atoms with E-state index in [-0.39, 0.29) is 23.7 Å². The molecule has 3 aromatic carbocycles. The van der Waals surface area contributed by atoms with Gasteiger partial charge in [-0.2, -0.15) is 4.31 Å². The summed E-state index contributed by atoms with van der Waals surface area (Å²) in [7, 11) is -3.86. The van der Waals surface area contributed by atoms with Crippen LogP contribution in [0.2, 0.25) is 5.02 Å². The lowest BCUT2D eigenvalue weighted by molar-refractivity contribution is -0.385. The molecule has 0 saturated carbocycles. The van der Waals surface area contributed by atoms with E-state index in [4.69, 9.17) is 16.6 Å². The summed E-state index contributed by atoms with van der Waals surface area (Å²) in [6.45, 7) is 2.12. The number of benzene rings is 3. The first-order valence-corrected chi connectivity index (χ1v) is 14.9. The fourth-order valence-electron chi connectivity index (χ4n) is 5.16. The Kier molecular flexibility index (Phi) is 7.31. The molecule has 1 fully saturated rings. The lowest BCUT2D eigenvalue weighted by Crippen LogP contribution is -2.48.